The Morgan fingerprint density at radius 1 is 0.621 bits per heavy atom. The van der Waals surface area contributed by atoms with Gasteiger partial charge in [-0.05, 0) is 51.4 Å². The van der Waals surface area contributed by atoms with E-state index in [1.54, 1.807) is 18.7 Å². The highest BCUT2D eigenvalue weighted by Gasteiger charge is 2.36. The minimum absolute atomic E-state index is 0.0476. The summed E-state index contributed by atoms with van der Waals surface area (Å²) in [5, 5.41) is 8.75. The Kier molecular flexibility index (Phi) is 21.2. The summed E-state index contributed by atoms with van der Waals surface area (Å²) in [6, 6.07) is 0.183. The molecule has 0 radical (unpaired) electrons. The molecule has 0 aromatic rings. The van der Waals surface area contributed by atoms with Crippen molar-refractivity contribution in [2.45, 2.75) is 119 Å². The number of hydrogen-bond acceptors (Lipinski definition) is 15. The fraction of sp³-hybridized carbons (Fsp3) is 0.730. The zero-order valence-corrected chi connectivity index (χ0v) is 36.1. The summed E-state index contributed by atoms with van der Waals surface area (Å²) >= 11 is 1.08. The van der Waals surface area contributed by atoms with E-state index in [1.807, 2.05) is 74.6 Å². The maximum absolute atomic E-state index is 10.9. The summed E-state index contributed by atoms with van der Waals surface area (Å²) in [6.07, 6.45) is -1.76. The van der Waals surface area contributed by atoms with Gasteiger partial charge in [-0.2, -0.15) is 0 Å². The van der Waals surface area contributed by atoms with Crippen LogP contribution in [0, 0.1) is 29.6 Å². The molecule has 20 nitrogen and oxygen atoms in total. The summed E-state index contributed by atoms with van der Waals surface area (Å²) in [6.45, 7) is 24.8. The van der Waals surface area contributed by atoms with E-state index in [0.29, 0.717) is 25.5 Å². The van der Waals surface area contributed by atoms with Crippen LogP contribution in [-0.2, 0) is 42.9 Å². The Balaban J connectivity index is 0.000000348. The van der Waals surface area contributed by atoms with Gasteiger partial charge < -0.3 is 29.2 Å². The first-order valence-corrected chi connectivity index (χ1v) is 20.0. The van der Waals surface area contributed by atoms with E-state index in [2.05, 4.69) is 25.4 Å². The van der Waals surface area contributed by atoms with Gasteiger partial charge in [-0.1, -0.05) is 67.2 Å². The number of hydrogen-bond donors (Lipinski definition) is 4. The summed E-state index contributed by atoms with van der Waals surface area (Å²) in [4.78, 5) is 110. The first kappa shape index (κ1) is 51.1. The normalized spacial score (nSPS) is 23.3. The van der Waals surface area contributed by atoms with Crippen molar-refractivity contribution in [1.82, 2.24) is 31.1 Å². The molecule has 0 aliphatic carbocycles. The van der Waals surface area contributed by atoms with Crippen LogP contribution in [0.5, 0.6) is 0 Å². The minimum atomic E-state index is -0.635. The Morgan fingerprint density at radius 3 is 1.45 bits per heavy atom. The Hall–Kier alpha value is -4.95. The van der Waals surface area contributed by atoms with Crippen molar-refractivity contribution in [1.29, 1.82) is 0 Å². The van der Waals surface area contributed by atoms with E-state index in [0.717, 1.165) is 23.2 Å². The molecule has 10 amide bonds. The molecule has 0 spiro atoms. The molecule has 0 aromatic carbocycles. The second-order valence-electron chi connectivity index (χ2n) is 15.5. The summed E-state index contributed by atoms with van der Waals surface area (Å²) < 4.78 is 18.7. The molecule has 58 heavy (non-hydrogen) atoms. The van der Waals surface area contributed by atoms with Crippen molar-refractivity contribution in [3.05, 3.63) is 0 Å². The van der Waals surface area contributed by atoms with Gasteiger partial charge in [-0.25, -0.2) is 24.1 Å². The number of imide groups is 4. The van der Waals surface area contributed by atoms with E-state index >= 15 is 0 Å². The third-order valence-electron chi connectivity index (χ3n) is 8.62. The lowest BCUT2D eigenvalue weighted by atomic mass is 9.95. The van der Waals surface area contributed by atoms with Crippen molar-refractivity contribution in [2.75, 3.05) is 26.3 Å². The van der Waals surface area contributed by atoms with Gasteiger partial charge in [0, 0.05) is 24.4 Å². The topological polar surface area (TPSA) is 262 Å². The fourth-order valence-corrected chi connectivity index (χ4v) is 6.07. The van der Waals surface area contributed by atoms with Gasteiger partial charge in [-0.15, -0.1) is 0 Å². The number of nitrogens with zero attached hydrogens (tertiary/aromatic N) is 2. The van der Waals surface area contributed by atoms with Crippen LogP contribution in [0.2, 0.25) is 0 Å². The molecule has 6 rings (SSSR count). The molecule has 21 heteroatoms. The average Bonchev–Trinajstić information content (AvgIpc) is 3.97. The van der Waals surface area contributed by atoms with E-state index in [-0.39, 0.29) is 101 Å². The van der Waals surface area contributed by atoms with Gasteiger partial charge in [0.1, 0.15) is 12.7 Å². The van der Waals surface area contributed by atoms with Crippen LogP contribution in [0.1, 0.15) is 89.5 Å². The van der Waals surface area contributed by atoms with Gasteiger partial charge in [-0.3, -0.25) is 44.7 Å². The SMILES string of the molecule is CC(C)C1CC(=O)NC1=O.CC(C)C1CNC(=O)O1.CC(C)C1OC(=O)NC1=O.CC(C)C1SC(=O)NC1=O.CC(C)N1C(=O)COC1=O.CC(C)N1CCOC1=O. The predicted octanol–water partition coefficient (Wildman–Crippen LogP) is 3.55. The second-order valence-corrected chi connectivity index (χ2v) is 16.6. The second kappa shape index (κ2) is 24.1. The predicted molar refractivity (Wildman–Crippen MR) is 209 cm³/mol. The number of thioether (sulfide) groups is 1. The number of nitrogens with one attached hydrogen (secondary N) is 4. The van der Waals surface area contributed by atoms with Crippen LogP contribution in [0.15, 0.2) is 0 Å². The highest BCUT2D eigenvalue weighted by Crippen LogP contribution is 2.25. The molecule has 0 saturated carbocycles. The highest BCUT2D eigenvalue weighted by molar-refractivity contribution is 8.15. The molecule has 6 saturated heterocycles. The molecule has 4 unspecified atom stereocenters. The van der Waals surface area contributed by atoms with Crippen LogP contribution in [-0.4, -0.2) is 125 Å². The molecule has 0 aromatic heterocycles. The van der Waals surface area contributed by atoms with Crippen molar-refractivity contribution in [2.24, 2.45) is 29.6 Å². The van der Waals surface area contributed by atoms with Crippen molar-refractivity contribution >= 4 is 70.9 Å². The molecular weight excluding hydrogens is 785 g/mol. The number of rotatable bonds is 6. The van der Waals surface area contributed by atoms with Crippen LogP contribution in [0.3, 0.4) is 0 Å². The molecule has 6 aliphatic rings. The molecular formula is C37H60N6O14S. The standard InChI is InChI=1S/C7H11NO2.2C6H9NO3.C6H9NO2S.2C6H11NO2/c1-4(2)5-3-6(9)8-7(5)10;1-4(2)7-5(8)3-10-6(7)9;2*1-3(2)4-5(8)7-6(9)10-4;1-5(2)7-3-4-9-6(7)8;1-4(2)5-3-7-6(8)9-5/h4-5H,3H2,1-2H3,(H,8,9,10);4H,3H2,1-2H3;2*3-4H,1-2H3,(H,7,8,9);5H,3-4H2,1-2H3;4-5H,3H2,1-2H3,(H,7,8). The van der Waals surface area contributed by atoms with Gasteiger partial charge in [0.05, 0.1) is 18.3 Å². The lowest BCUT2D eigenvalue weighted by molar-refractivity contribution is -0.127. The molecule has 328 valence electrons. The molecule has 6 heterocycles. The number of amides is 10. The van der Waals surface area contributed by atoms with Crippen LogP contribution >= 0.6 is 11.8 Å². The Bertz CT molecular complexity index is 1400. The quantitative estimate of drug-likeness (QED) is 0.220. The largest absolute Gasteiger partial charge is 0.448 e. The lowest BCUT2D eigenvalue weighted by Crippen LogP contribution is -2.35. The maximum atomic E-state index is 10.9. The highest BCUT2D eigenvalue weighted by atomic mass is 32.2. The minimum Gasteiger partial charge on any atom is -0.448 e. The monoisotopic (exact) mass is 844 g/mol. The Morgan fingerprint density at radius 2 is 1.24 bits per heavy atom. The molecule has 6 fully saturated rings. The summed E-state index contributed by atoms with van der Waals surface area (Å²) in [5.41, 5.74) is 0. The summed E-state index contributed by atoms with van der Waals surface area (Å²) in [7, 11) is 0. The summed E-state index contributed by atoms with van der Waals surface area (Å²) in [5.74, 6) is -0.0977. The number of alkyl carbamates (subject to hydrolysis) is 2. The van der Waals surface area contributed by atoms with E-state index in [1.165, 1.54) is 0 Å². The number of ether oxygens (including phenoxy) is 4. The lowest BCUT2D eigenvalue weighted by Gasteiger charge is -2.15. The van der Waals surface area contributed by atoms with E-state index in [4.69, 9.17) is 9.47 Å². The third kappa shape index (κ3) is 16.9. The van der Waals surface area contributed by atoms with Crippen LogP contribution < -0.4 is 21.3 Å². The smallest absolute Gasteiger partial charge is 0.417 e. The van der Waals surface area contributed by atoms with E-state index < -0.39 is 18.3 Å². The van der Waals surface area contributed by atoms with Crippen molar-refractivity contribution in [3.8, 4) is 0 Å². The average molecular weight is 845 g/mol. The fourth-order valence-electron chi connectivity index (χ4n) is 5.24. The van der Waals surface area contributed by atoms with Gasteiger partial charge in [0.25, 0.3) is 17.1 Å². The number of cyclic esters (lactones) is 4. The van der Waals surface area contributed by atoms with Gasteiger partial charge in [0.2, 0.25) is 17.7 Å². The van der Waals surface area contributed by atoms with Crippen molar-refractivity contribution < 1.29 is 66.9 Å². The first-order chi connectivity index (χ1) is 26.9. The molecule has 6 aliphatic heterocycles. The van der Waals surface area contributed by atoms with Gasteiger partial charge in [0.15, 0.2) is 12.7 Å². The Labute approximate surface area is 343 Å². The molecule has 0 bridgehead atoms. The zero-order chi connectivity index (χ0) is 44.6. The van der Waals surface area contributed by atoms with Crippen molar-refractivity contribution in [3.63, 3.8) is 0 Å². The molecule has 4 atom stereocenters. The molecule has 4 N–H and O–H groups in total. The third-order valence-corrected chi connectivity index (χ3v) is 9.95. The van der Waals surface area contributed by atoms with Gasteiger partial charge >= 0.3 is 24.4 Å². The first-order valence-electron chi connectivity index (χ1n) is 19.1. The van der Waals surface area contributed by atoms with E-state index in [9.17, 15) is 47.9 Å². The number of carbonyl (C=O) groups excluding carboxylic acids is 10. The van der Waals surface area contributed by atoms with Crippen LogP contribution in [0.4, 0.5) is 24.0 Å². The maximum Gasteiger partial charge on any atom is 0.417 e. The number of carbonyl (C=O) groups is 10. The van der Waals surface area contributed by atoms with Crippen LogP contribution in [0.25, 0.3) is 0 Å². The zero-order valence-electron chi connectivity index (χ0n) is 35.3.